The SMILES string of the molecule is CCn1nc(C)c(-c2ccc(N)nc2)c1C. The Morgan fingerprint density at radius 2 is 2.06 bits per heavy atom. The molecule has 0 saturated carbocycles. The Morgan fingerprint density at radius 1 is 1.31 bits per heavy atom. The molecule has 4 heteroatoms. The van der Waals surface area contributed by atoms with Gasteiger partial charge >= 0.3 is 0 Å². The molecule has 2 aromatic heterocycles. The first-order chi connectivity index (χ1) is 7.63. The van der Waals surface area contributed by atoms with Crippen molar-refractivity contribution >= 4 is 5.82 Å². The number of rotatable bonds is 2. The molecule has 0 fully saturated rings. The molecule has 84 valence electrons. The van der Waals surface area contributed by atoms with Crippen molar-refractivity contribution in [2.45, 2.75) is 27.3 Å². The zero-order chi connectivity index (χ0) is 11.7. The summed E-state index contributed by atoms with van der Waals surface area (Å²) in [4.78, 5) is 4.11. The second-order valence-electron chi connectivity index (χ2n) is 3.83. The minimum absolute atomic E-state index is 0.543. The lowest BCUT2D eigenvalue weighted by atomic mass is 10.1. The molecule has 0 saturated heterocycles. The molecule has 0 atom stereocenters. The van der Waals surface area contributed by atoms with Crippen LogP contribution in [0.4, 0.5) is 5.82 Å². The predicted octanol–water partition coefficient (Wildman–Crippen LogP) is 2.16. The van der Waals surface area contributed by atoms with Gasteiger partial charge in [-0.2, -0.15) is 5.10 Å². The normalized spacial score (nSPS) is 10.7. The number of hydrogen-bond donors (Lipinski definition) is 1. The van der Waals surface area contributed by atoms with Crippen LogP contribution in [0.2, 0.25) is 0 Å². The van der Waals surface area contributed by atoms with Gasteiger partial charge in [0.1, 0.15) is 5.82 Å². The van der Waals surface area contributed by atoms with Crippen molar-refractivity contribution in [1.82, 2.24) is 14.8 Å². The van der Waals surface area contributed by atoms with Crippen molar-refractivity contribution in [2.24, 2.45) is 0 Å². The standard InChI is InChI=1S/C12H16N4/c1-4-16-9(3)12(8(2)15-16)10-5-6-11(13)14-7-10/h5-7H,4H2,1-3H3,(H2,13,14). The third-order valence-electron chi connectivity index (χ3n) is 2.76. The average Bonchev–Trinajstić information content (AvgIpc) is 2.56. The lowest BCUT2D eigenvalue weighted by Crippen LogP contribution is -1.98. The minimum Gasteiger partial charge on any atom is -0.384 e. The summed E-state index contributed by atoms with van der Waals surface area (Å²) in [7, 11) is 0. The summed E-state index contributed by atoms with van der Waals surface area (Å²) in [5.74, 6) is 0.543. The maximum Gasteiger partial charge on any atom is 0.123 e. The van der Waals surface area contributed by atoms with E-state index in [1.807, 2.05) is 23.7 Å². The Labute approximate surface area is 95.1 Å². The van der Waals surface area contributed by atoms with Gasteiger partial charge in [-0.05, 0) is 32.9 Å². The second kappa shape index (κ2) is 3.96. The molecule has 0 aliphatic carbocycles. The van der Waals surface area contributed by atoms with E-state index in [4.69, 9.17) is 5.73 Å². The first kappa shape index (κ1) is 10.7. The Hall–Kier alpha value is -1.84. The van der Waals surface area contributed by atoms with Gasteiger partial charge in [0.2, 0.25) is 0 Å². The molecule has 0 aliphatic rings. The maximum atomic E-state index is 5.58. The topological polar surface area (TPSA) is 56.7 Å². The summed E-state index contributed by atoms with van der Waals surface area (Å²) in [6, 6.07) is 3.80. The predicted molar refractivity (Wildman–Crippen MR) is 65.0 cm³/mol. The van der Waals surface area contributed by atoms with Crippen LogP contribution >= 0.6 is 0 Å². The molecule has 0 amide bonds. The van der Waals surface area contributed by atoms with Gasteiger partial charge in [-0.1, -0.05) is 0 Å². The van der Waals surface area contributed by atoms with Crippen molar-refractivity contribution in [3.8, 4) is 11.1 Å². The zero-order valence-corrected chi connectivity index (χ0v) is 9.86. The van der Waals surface area contributed by atoms with Crippen LogP contribution in [0.1, 0.15) is 18.3 Å². The Bertz CT molecular complexity index is 496. The van der Waals surface area contributed by atoms with Crippen LogP contribution in [0.15, 0.2) is 18.3 Å². The zero-order valence-electron chi connectivity index (χ0n) is 9.86. The first-order valence-electron chi connectivity index (χ1n) is 5.39. The molecule has 2 heterocycles. The third kappa shape index (κ3) is 1.66. The fourth-order valence-corrected chi connectivity index (χ4v) is 1.98. The fourth-order valence-electron chi connectivity index (χ4n) is 1.98. The Morgan fingerprint density at radius 3 is 2.56 bits per heavy atom. The van der Waals surface area contributed by atoms with Crippen LogP contribution in [0.3, 0.4) is 0 Å². The van der Waals surface area contributed by atoms with Gasteiger partial charge in [-0.3, -0.25) is 4.68 Å². The van der Waals surface area contributed by atoms with E-state index < -0.39 is 0 Å². The van der Waals surface area contributed by atoms with Crippen LogP contribution in [0.25, 0.3) is 11.1 Å². The number of hydrogen-bond acceptors (Lipinski definition) is 3. The molecule has 2 N–H and O–H groups in total. The first-order valence-corrected chi connectivity index (χ1v) is 5.39. The maximum absolute atomic E-state index is 5.58. The fraction of sp³-hybridized carbons (Fsp3) is 0.333. The largest absolute Gasteiger partial charge is 0.384 e. The van der Waals surface area contributed by atoms with Crippen molar-refractivity contribution in [2.75, 3.05) is 5.73 Å². The van der Waals surface area contributed by atoms with Crippen molar-refractivity contribution in [3.05, 3.63) is 29.7 Å². The molecule has 0 aromatic carbocycles. The summed E-state index contributed by atoms with van der Waals surface area (Å²) in [6.45, 7) is 7.07. The highest BCUT2D eigenvalue weighted by Gasteiger charge is 2.12. The van der Waals surface area contributed by atoms with Gasteiger partial charge in [0.15, 0.2) is 0 Å². The highest BCUT2D eigenvalue weighted by Crippen LogP contribution is 2.26. The van der Waals surface area contributed by atoms with Gasteiger partial charge in [-0.15, -0.1) is 0 Å². The summed E-state index contributed by atoms with van der Waals surface area (Å²) >= 11 is 0. The number of nitrogen functional groups attached to an aromatic ring is 1. The number of pyridine rings is 1. The molecule has 0 spiro atoms. The van der Waals surface area contributed by atoms with Gasteiger partial charge in [0.25, 0.3) is 0 Å². The van der Waals surface area contributed by atoms with Gasteiger partial charge in [0, 0.05) is 29.6 Å². The molecule has 0 unspecified atom stereocenters. The molecular weight excluding hydrogens is 200 g/mol. The van der Waals surface area contributed by atoms with E-state index in [1.54, 1.807) is 6.20 Å². The van der Waals surface area contributed by atoms with Crippen LogP contribution < -0.4 is 5.73 Å². The smallest absolute Gasteiger partial charge is 0.123 e. The van der Waals surface area contributed by atoms with Crippen LogP contribution in [-0.2, 0) is 6.54 Å². The number of aryl methyl sites for hydroxylation is 2. The number of nitrogens with zero attached hydrogens (tertiary/aromatic N) is 3. The minimum atomic E-state index is 0.543. The van der Waals surface area contributed by atoms with Crippen LogP contribution in [-0.4, -0.2) is 14.8 Å². The molecule has 0 aliphatic heterocycles. The molecular formula is C12H16N4. The lowest BCUT2D eigenvalue weighted by molar-refractivity contribution is 0.634. The second-order valence-corrected chi connectivity index (χ2v) is 3.83. The highest BCUT2D eigenvalue weighted by atomic mass is 15.3. The average molecular weight is 216 g/mol. The summed E-state index contributed by atoms with van der Waals surface area (Å²) in [6.07, 6.45) is 1.80. The molecule has 0 radical (unpaired) electrons. The Balaban J connectivity index is 2.55. The van der Waals surface area contributed by atoms with Crippen LogP contribution in [0, 0.1) is 13.8 Å². The quantitative estimate of drug-likeness (QED) is 0.837. The number of aromatic nitrogens is 3. The number of nitrogens with two attached hydrogens (primary N) is 1. The van der Waals surface area contributed by atoms with Gasteiger partial charge < -0.3 is 5.73 Å². The van der Waals surface area contributed by atoms with Gasteiger partial charge in [0.05, 0.1) is 5.69 Å². The van der Waals surface area contributed by atoms with Crippen molar-refractivity contribution in [3.63, 3.8) is 0 Å². The van der Waals surface area contributed by atoms with E-state index in [-0.39, 0.29) is 0 Å². The molecule has 16 heavy (non-hydrogen) atoms. The van der Waals surface area contributed by atoms with E-state index >= 15 is 0 Å². The van der Waals surface area contributed by atoms with Crippen molar-refractivity contribution < 1.29 is 0 Å². The van der Waals surface area contributed by atoms with E-state index in [0.29, 0.717) is 5.82 Å². The molecule has 2 rings (SSSR count). The summed E-state index contributed by atoms with van der Waals surface area (Å²) in [5, 5.41) is 4.49. The monoisotopic (exact) mass is 216 g/mol. The lowest BCUT2D eigenvalue weighted by Gasteiger charge is -2.03. The molecule has 2 aromatic rings. The molecule has 4 nitrogen and oxygen atoms in total. The number of anilines is 1. The summed E-state index contributed by atoms with van der Waals surface area (Å²) in [5.41, 5.74) is 10.0. The van der Waals surface area contributed by atoms with E-state index in [0.717, 1.165) is 23.4 Å². The van der Waals surface area contributed by atoms with Crippen molar-refractivity contribution in [1.29, 1.82) is 0 Å². The van der Waals surface area contributed by atoms with Gasteiger partial charge in [-0.25, -0.2) is 4.98 Å². The third-order valence-corrected chi connectivity index (χ3v) is 2.76. The van der Waals surface area contributed by atoms with E-state index in [1.165, 1.54) is 5.69 Å². The van der Waals surface area contributed by atoms with E-state index in [9.17, 15) is 0 Å². The summed E-state index contributed by atoms with van der Waals surface area (Å²) < 4.78 is 2.00. The Kier molecular flexibility index (Phi) is 2.64. The van der Waals surface area contributed by atoms with E-state index in [2.05, 4.69) is 23.9 Å². The highest BCUT2D eigenvalue weighted by molar-refractivity contribution is 5.68. The molecule has 0 bridgehead atoms. The van der Waals surface area contributed by atoms with Crippen LogP contribution in [0.5, 0.6) is 0 Å².